The predicted octanol–water partition coefficient (Wildman–Crippen LogP) is 3.96. The number of hydrogen-bond donors (Lipinski definition) is 2. The zero-order valence-electron chi connectivity index (χ0n) is 11.7. The van der Waals surface area contributed by atoms with Gasteiger partial charge in [0.1, 0.15) is 5.82 Å². The van der Waals surface area contributed by atoms with Gasteiger partial charge in [-0.3, -0.25) is 0 Å². The second kappa shape index (κ2) is 6.81. The van der Waals surface area contributed by atoms with Crippen LogP contribution >= 0.6 is 23.6 Å². The van der Waals surface area contributed by atoms with Crippen LogP contribution in [0.4, 0.5) is 9.52 Å². The van der Waals surface area contributed by atoms with Crippen LogP contribution in [0, 0.1) is 5.82 Å². The van der Waals surface area contributed by atoms with Crippen LogP contribution in [-0.4, -0.2) is 16.6 Å². The monoisotopic (exact) mass is 331 g/mol. The minimum atomic E-state index is -0.186. The molecule has 0 aliphatic heterocycles. The highest BCUT2D eigenvalue weighted by Gasteiger charge is 2.05. The number of nitrogens with one attached hydrogen (secondary N) is 2. The zero-order chi connectivity index (χ0) is 15.4. The zero-order valence-corrected chi connectivity index (χ0v) is 13.3. The summed E-state index contributed by atoms with van der Waals surface area (Å²) in [6.45, 7) is 0.567. The van der Waals surface area contributed by atoms with Crippen molar-refractivity contribution in [3.8, 4) is 0 Å². The van der Waals surface area contributed by atoms with E-state index in [9.17, 15) is 4.39 Å². The van der Waals surface area contributed by atoms with Crippen LogP contribution in [0.2, 0.25) is 0 Å². The molecule has 2 N–H and O–H groups in total. The standard InChI is InChI=1S/C16H14FN3S2/c17-12-6-2-1-5-11(12)9-10-18-15(21)20-16-19-13-7-3-4-8-14(13)22-16/h1-8H,9-10H2,(H2,18,19,20,21). The lowest BCUT2D eigenvalue weighted by Gasteiger charge is -2.08. The molecule has 0 amide bonds. The molecule has 0 unspecified atom stereocenters. The lowest BCUT2D eigenvalue weighted by atomic mass is 10.1. The minimum Gasteiger partial charge on any atom is -0.362 e. The predicted molar refractivity (Wildman–Crippen MR) is 93.9 cm³/mol. The van der Waals surface area contributed by atoms with Gasteiger partial charge in [-0.25, -0.2) is 9.37 Å². The smallest absolute Gasteiger partial charge is 0.190 e. The average Bonchev–Trinajstić information content (AvgIpc) is 2.91. The van der Waals surface area contributed by atoms with Crippen molar-refractivity contribution >= 4 is 44.0 Å². The molecule has 3 nitrogen and oxygen atoms in total. The van der Waals surface area contributed by atoms with Gasteiger partial charge >= 0.3 is 0 Å². The molecule has 0 spiro atoms. The Labute approximate surface area is 137 Å². The molecule has 1 heterocycles. The van der Waals surface area contributed by atoms with Crippen LogP contribution in [0.3, 0.4) is 0 Å². The number of hydrogen-bond acceptors (Lipinski definition) is 3. The third-order valence-electron chi connectivity index (χ3n) is 3.15. The van der Waals surface area contributed by atoms with Crippen LogP contribution in [-0.2, 0) is 6.42 Å². The molecular weight excluding hydrogens is 317 g/mol. The molecule has 3 aromatic rings. The van der Waals surface area contributed by atoms with E-state index >= 15 is 0 Å². The van der Waals surface area contributed by atoms with E-state index in [0.29, 0.717) is 23.6 Å². The van der Waals surface area contributed by atoms with Crippen molar-refractivity contribution in [3.05, 3.63) is 59.9 Å². The maximum absolute atomic E-state index is 13.5. The van der Waals surface area contributed by atoms with Gasteiger partial charge in [-0.1, -0.05) is 41.7 Å². The largest absolute Gasteiger partial charge is 0.362 e. The summed E-state index contributed by atoms with van der Waals surface area (Å²) in [6.07, 6.45) is 0.578. The highest BCUT2D eigenvalue weighted by molar-refractivity contribution is 7.80. The van der Waals surface area contributed by atoms with E-state index in [0.717, 1.165) is 15.3 Å². The molecule has 0 saturated carbocycles. The molecule has 0 aliphatic rings. The van der Waals surface area contributed by atoms with E-state index in [2.05, 4.69) is 15.6 Å². The second-order valence-corrected chi connectivity index (χ2v) is 6.15. The van der Waals surface area contributed by atoms with Crippen LogP contribution < -0.4 is 10.6 Å². The van der Waals surface area contributed by atoms with Crippen LogP contribution in [0.1, 0.15) is 5.56 Å². The lowest BCUT2D eigenvalue weighted by Crippen LogP contribution is -2.30. The number of benzene rings is 2. The van der Waals surface area contributed by atoms with Crippen molar-refractivity contribution < 1.29 is 4.39 Å². The topological polar surface area (TPSA) is 37.0 Å². The van der Waals surface area contributed by atoms with Gasteiger partial charge in [-0.05, 0) is 42.4 Å². The summed E-state index contributed by atoms with van der Waals surface area (Å²) in [5, 5.41) is 7.39. The molecule has 0 bridgehead atoms. The summed E-state index contributed by atoms with van der Waals surface area (Å²) in [5.74, 6) is -0.186. The molecule has 0 radical (unpaired) electrons. The van der Waals surface area contributed by atoms with E-state index in [1.54, 1.807) is 23.5 Å². The van der Waals surface area contributed by atoms with Gasteiger partial charge in [0.15, 0.2) is 10.2 Å². The van der Waals surface area contributed by atoms with Gasteiger partial charge in [0.25, 0.3) is 0 Å². The summed E-state index contributed by atoms with van der Waals surface area (Å²) in [7, 11) is 0. The number of thiazole rings is 1. The quantitative estimate of drug-likeness (QED) is 0.710. The van der Waals surface area contributed by atoms with Gasteiger partial charge in [0, 0.05) is 6.54 Å². The van der Waals surface area contributed by atoms with Gasteiger partial charge in [0.2, 0.25) is 0 Å². The van der Waals surface area contributed by atoms with Crippen molar-refractivity contribution in [2.75, 3.05) is 11.9 Å². The van der Waals surface area contributed by atoms with Gasteiger partial charge < -0.3 is 10.6 Å². The Morgan fingerprint density at radius 2 is 1.91 bits per heavy atom. The van der Waals surface area contributed by atoms with Crippen molar-refractivity contribution in [2.45, 2.75) is 6.42 Å². The minimum absolute atomic E-state index is 0.186. The molecule has 6 heteroatoms. The second-order valence-electron chi connectivity index (χ2n) is 4.71. The highest BCUT2D eigenvalue weighted by Crippen LogP contribution is 2.25. The van der Waals surface area contributed by atoms with Crippen molar-refractivity contribution in [3.63, 3.8) is 0 Å². The summed E-state index contributed by atoms with van der Waals surface area (Å²) in [6, 6.07) is 14.7. The highest BCUT2D eigenvalue weighted by atomic mass is 32.1. The van der Waals surface area contributed by atoms with E-state index in [4.69, 9.17) is 12.2 Å². The number of para-hydroxylation sites is 1. The van der Waals surface area contributed by atoms with Crippen molar-refractivity contribution in [1.29, 1.82) is 0 Å². The maximum Gasteiger partial charge on any atom is 0.190 e. The molecule has 0 fully saturated rings. The number of aromatic nitrogens is 1. The number of halogens is 1. The summed E-state index contributed by atoms with van der Waals surface area (Å²) in [5.41, 5.74) is 1.63. The Bertz CT molecular complexity index is 768. The molecule has 2 aromatic carbocycles. The van der Waals surface area contributed by atoms with Gasteiger partial charge in [0.05, 0.1) is 10.2 Å². The molecule has 3 rings (SSSR count). The Balaban J connectivity index is 1.53. The van der Waals surface area contributed by atoms with Crippen LogP contribution in [0.15, 0.2) is 48.5 Å². The maximum atomic E-state index is 13.5. The molecular formula is C16H14FN3S2. The normalized spacial score (nSPS) is 10.6. The lowest BCUT2D eigenvalue weighted by molar-refractivity contribution is 0.607. The Morgan fingerprint density at radius 3 is 2.73 bits per heavy atom. The fraction of sp³-hybridized carbons (Fsp3) is 0.125. The first kappa shape index (κ1) is 14.9. The number of fused-ring (bicyclic) bond motifs is 1. The van der Waals surface area contributed by atoms with Crippen LogP contribution in [0.25, 0.3) is 10.2 Å². The summed E-state index contributed by atoms with van der Waals surface area (Å²) >= 11 is 6.79. The van der Waals surface area contributed by atoms with Gasteiger partial charge in [-0.2, -0.15) is 0 Å². The molecule has 22 heavy (non-hydrogen) atoms. The Morgan fingerprint density at radius 1 is 1.14 bits per heavy atom. The fourth-order valence-corrected chi connectivity index (χ4v) is 3.21. The van der Waals surface area contributed by atoms with E-state index in [1.165, 1.54) is 6.07 Å². The summed E-state index contributed by atoms with van der Waals surface area (Å²) < 4.78 is 14.6. The molecule has 1 aromatic heterocycles. The average molecular weight is 331 g/mol. The molecule has 112 valence electrons. The van der Waals surface area contributed by atoms with E-state index in [1.807, 2.05) is 30.3 Å². The summed E-state index contributed by atoms with van der Waals surface area (Å²) in [4.78, 5) is 4.45. The third kappa shape index (κ3) is 3.58. The number of rotatable bonds is 4. The SMILES string of the molecule is Fc1ccccc1CCNC(=S)Nc1nc2ccccc2s1. The Hall–Kier alpha value is -2.05. The van der Waals surface area contributed by atoms with E-state index in [-0.39, 0.29) is 5.82 Å². The first-order valence-electron chi connectivity index (χ1n) is 6.86. The van der Waals surface area contributed by atoms with E-state index < -0.39 is 0 Å². The molecule has 0 saturated heterocycles. The Kier molecular flexibility index (Phi) is 4.60. The molecule has 0 atom stereocenters. The number of nitrogens with zero attached hydrogens (tertiary/aromatic N) is 1. The first-order valence-corrected chi connectivity index (χ1v) is 8.09. The molecule has 0 aliphatic carbocycles. The number of thiocarbonyl (C=S) groups is 1. The van der Waals surface area contributed by atoms with Crippen LogP contribution in [0.5, 0.6) is 0 Å². The van der Waals surface area contributed by atoms with Crippen molar-refractivity contribution in [2.24, 2.45) is 0 Å². The fourth-order valence-electron chi connectivity index (χ4n) is 2.08. The number of anilines is 1. The van der Waals surface area contributed by atoms with Gasteiger partial charge in [-0.15, -0.1) is 0 Å². The first-order chi connectivity index (χ1) is 10.7. The third-order valence-corrected chi connectivity index (χ3v) is 4.35. The van der Waals surface area contributed by atoms with Crippen molar-refractivity contribution in [1.82, 2.24) is 10.3 Å².